The summed E-state index contributed by atoms with van der Waals surface area (Å²) in [4.78, 5) is 33.4. The number of fused-ring (bicyclic) bond motifs is 1. The number of nitrogens with one attached hydrogen (secondary N) is 1. The van der Waals surface area contributed by atoms with Crippen LogP contribution < -0.4 is 10.2 Å². The number of aromatic nitrogens is 1. The Morgan fingerprint density at radius 3 is 2.45 bits per heavy atom. The summed E-state index contributed by atoms with van der Waals surface area (Å²) < 4.78 is 12.9. The number of piperazine rings is 1. The van der Waals surface area contributed by atoms with Crippen LogP contribution in [0.25, 0.3) is 10.9 Å². The molecule has 0 saturated carbocycles. The van der Waals surface area contributed by atoms with Crippen LogP contribution in [0, 0.1) is 12.7 Å². The van der Waals surface area contributed by atoms with Crippen molar-refractivity contribution in [3.05, 3.63) is 66.0 Å². The van der Waals surface area contributed by atoms with Crippen LogP contribution in [0.2, 0.25) is 0 Å². The predicted molar refractivity (Wildman–Crippen MR) is 120 cm³/mol. The average Bonchev–Trinajstić information content (AvgIpc) is 2.79. The maximum absolute atomic E-state index is 12.9. The minimum Gasteiger partial charge on any atom is -0.353 e. The van der Waals surface area contributed by atoms with E-state index >= 15 is 0 Å². The normalized spacial score (nSPS) is 14.0. The lowest BCUT2D eigenvalue weighted by Crippen LogP contribution is -2.49. The van der Waals surface area contributed by atoms with E-state index in [9.17, 15) is 14.0 Å². The number of halogens is 1. The van der Waals surface area contributed by atoms with Crippen molar-refractivity contribution in [3.63, 3.8) is 0 Å². The van der Waals surface area contributed by atoms with Crippen LogP contribution in [0.3, 0.4) is 0 Å². The molecule has 2 aromatic carbocycles. The van der Waals surface area contributed by atoms with Gasteiger partial charge >= 0.3 is 0 Å². The molecule has 0 unspecified atom stereocenters. The first-order valence-electron chi connectivity index (χ1n) is 10.4. The number of pyridine rings is 1. The zero-order valence-electron chi connectivity index (χ0n) is 17.5. The summed E-state index contributed by atoms with van der Waals surface area (Å²) >= 11 is 0. The number of amides is 2. The number of para-hydroxylation sites is 1. The molecule has 7 heteroatoms. The summed E-state index contributed by atoms with van der Waals surface area (Å²) in [5.41, 5.74) is 2.68. The number of hydrogen-bond donors (Lipinski definition) is 1. The Morgan fingerprint density at radius 1 is 1.00 bits per heavy atom. The van der Waals surface area contributed by atoms with E-state index in [1.54, 1.807) is 4.90 Å². The molecule has 0 spiro atoms. The van der Waals surface area contributed by atoms with Crippen molar-refractivity contribution >= 4 is 34.2 Å². The van der Waals surface area contributed by atoms with Crippen molar-refractivity contribution < 1.29 is 14.0 Å². The smallest absolute Gasteiger partial charge is 0.224 e. The van der Waals surface area contributed by atoms with Crippen molar-refractivity contribution in [2.45, 2.75) is 19.8 Å². The highest BCUT2D eigenvalue weighted by Gasteiger charge is 2.22. The number of carbonyl (C=O) groups is 2. The van der Waals surface area contributed by atoms with Crippen molar-refractivity contribution in [2.24, 2.45) is 0 Å². The van der Waals surface area contributed by atoms with Crippen LogP contribution in [0.15, 0.2) is 54.6 Å². The highest BCUT2D eigenvalue weighted by molar-refractivity contribution is 5.93. The van der Waals surface area contributed by atoms with E-state index in [-0.39, 0.29) is 30.5 Å². The quantitative estimate of drug-likeness (QED) is 0.683. The molecule has 1 aliphatic heterocycles. The number of hydrogen-bond acceptors (Lipinski definition) is 4. The number of benzene rings is 2. The van der Waals surface area contributed by atoms with Gasteiger partial charge in [0.1, 0.15) is 11.6 Å². The topological polar surface area (TPSA) is 65.5 Å². The lowest BCUT2D eigenvalue weighted by Gasteiger charge is -2.35. The van der Waals surface area contributed by atoms with Crippen LogP contribution in [0.4, 0.5) is 15.9 Å². The summed E-state index contributed by atoms with van der Waals surface area (Å²) in [5, 5.41) is 3.83. The molecular weight excluding hydrogens is 395 g/mol. The zero-order chi connectivity index (χ0) is 21.8. The second-order valence-corrected chi connectivity index (χ2v) is 7.74. The number of rotatable bonds is 5. The Labute approximate surface area is 180 Å². The molecule has 160 valence electrons. The average molecular weight is 420 g/mol. The fourth-order valence-electron chi connectivity index (χ4n) is 3.81. The van der Waals surface area contributed by atoms with Gasteiger partial charge in [-0.3, -0.25) is 9.59 Å². The maximum atomic E-state index is 12.9. The van der Waals surface area contributed by atoms with E-state index < -0.39 is 0 Å². The van der Waals surface area contributed by atoms with Crippen LogP contribution in [0.5, 0.6) is 0 Å². The van der Waals surface area contributed by atoms with Gasteiger partial charge in [-0.15, -0.1) is 0 Å². The van der Waals surface area contributed by atoms with Gasteiger partial charge in [0.25, 0.3) is 0 Å². The van der Waals surface area contributed by atoms with Crippen molar-refractivity contribution in [2.75, 3.05) is 36.4 Å². The minimum atomic E-state index is -0.360. The summed E-state index contributed by atoms with van der Waals surface area (Å²) in [5.74, 6) is 0.286. The monoisotopic (exact) mass is 420 g/mol. The lowest BCUT2D eigenvalue weighted by molar-refractivity contribution is -0.133. The van der Waals surface area contributed by atoms with Gasteiger partial charge in [-0.2, -0.15) is 0 Å². The van der Waals surface area contributed by atoms with Crippen molar-refractivity contribution in [1.82, 2.24) is 9.88 Å². The van der Waals surface area contributed by atoms with Gasteiger partial charge in [0, 0.05) is 50.1 Å². The fourth-order valence-corrected chi connectivity index (χ4v) is 3.81. The minimum absolute atomic E-state index is 0.0310. The van der Waals surface area contributed by atoms with E-state index in [1.165, 1.54) is 29.8 Å². The molecule has 2 heterocycles. The summed E-state index contributed by atoms with van der Waals surface area (Å²) in [6.07, 6.45) is 0.252. The third-order valence-electron chi connectivity index (χ3n) is 5.56. The SMILES string of the molecule is Cc1cc(N2CCN(C(=O)CCC(=O)Nc3ccc(F)cc3)CC2)nc2ccccc12. The van der Waals surface area contributed by atoms with Gasteiger partial charge in [0.05, 0.1) is 5.52 Å². The van der Waals surface area contributed by atoms with Crippen molar-refractivity contribution in [3.8, 4) is 0 Å². The molecule has 0 bridgehead atoms. The molecule has 0 atom stereocenters. The molecule has 0 aliphatic carbocycles. The van der Waals surface area contributed by atoms with E-state index in [4.69, 9.17) is 4.98 Å². The molecule has 1 saturated heterocycles. The van der Waals surface area contributed by atoms with Crippen LogP contribution >= 0.6 is 0 Å². The first-order valence-corrected chi connectivity index (χ1v) is 10.4. The molecule has 1 fully saturated rings. The van der Waals surface area contributed by atoms with E-state index in [1.807, 2.05) is 18.2 Å². The fraction of sp³-hybridized carbons (Fsp3) is 0.292. The third kappa shape index (κ3) is 4.99. The Balaban J connectivity index is 1.28. The second-order valence-electron chi connectivity index (χ2n) is 7.74. The molecule has 1 aliphatic rings. The Hall–Kier alpha value is -3.48. The highest BCUT2D eigenvalue weighted by atomic mass is 19.1. The first-order chi connectivity index (χ1) is 15.0. The van der Waals surface area contributed by atoms with Crippen molar-refractivity contribution in [1.29, 1.82) is 0 Å². The first kappa shape index (κ1) is 20.8. The van der Waals surface area contributed by atoms with Crippen LogP contribution in [0.1, 0.15) is 18.4 Å². The van der Waals surface area contributed by atoms with Gasteiger partial charge in [-0.25, -0.2) is 9.37 Å². The molecule has 2 amide bonds. The summed E-state index contributed by atoms with van der Waals surface area (Å²) in [6.45, 7) is 4.71. The molecule has 1 aromatic heterocycles. The van der Waals surface area contributed by atoms with E-state index in [2.05, 4.69) is 29.3 Å². The van der Waals surface area contributed by atoms with E-state index in [0.717, 1.165) is 16.7 Å². The molecule has 4 rings (SSSR count). The van der Waals surface area contributed by atoms with Gasteiger partial charge in [0.2, 0.25) is 11.8 Å². The molecule has 31 heavy (non-hydrogen) atoms. The predicted octanol–water partition coefficient (Wildman–Crippen LogP) is 3.75. The van der Waals surface area contributed by atoms with Gasteiger partial charge in [-0.1, -0.05) is 18.2 Å². The molecule has 0 radical (unpaired) electrons. The molecule has 1 N–H and O–H groups in total. The molecular formula is C24H25FN4O2. The number of carbonyl (C=O) groups excluding carboxylic acids is 2. The van der Waals surface area contributed by atoms with Gasteiger partial charge in [0.15, 0.2) is 0 Å². The largest absolute Gasteiger partial charge is 0.353 e. The van der Waals surface area contributed by atoms with E-state index in [0.29, 0.717) is 31.9 Å². The maximum Gasteiger partial charge on any atom is 0.224 e. The molecule has 3 aromatic rings. The Kier molecular flexibility index (Phi) is 6.11. The summed E-state index contributed by atoms with van der Waals surface area (Å²) in [6, 6.07) is 15.8. The Morgan fingerprint density at radius 2 is 1.71 bits per heavy atom. The number of anilines is 2. The van der Waals surface area contributed by atoms with Crippen LogP contribution in [-0.2, 0) is 9.59 Å². The number of nitrogens with zero attached hydrogens (tertiary/aromatic N) is 3. The standard InChI is InChI=1S/C24H25FN4O2/c1-17-16-22(27-21-5-3-2-4-20(17)21)28-12-14-29(15-13-28)24(31)11-10-23(30)26-19-8-6-18(25)7-9-19/h2-9,16H,10-15H2,1H3,(H,26,30). The summed E-state index contributed by atoms with van der Waals surface area (Å²) in [7, 11) is 0. The molecule has 6 nitrogen and oxygen atoms in total. The van der Waals surface area contributed by atoms with Gasteiger partial charge in [-0.05, 0) is 48.9 Å². The van der Waals surface area contributed by atoms with Gasteiger partial charge < -0.3 is 15.1 Å². The van der Waals surface area contributed by atoms with Crippen LogP contribution in [-0.4, -0.2) is 47.9 Å². The third-order valence-corrected chi connectivity index (χ3v) is 5.56. The number of aryl methyl sites for hydroxylation is 1. The highest BCUT2D eigenvalue weighted by Crippen LogP contribution is 2.23. The second kappa shape index (κ2) is 9.12. The lowest BCUT2D eigenvalue weighted by atomic mass is 10.1. The Bertz CT molecular complexity index is 1090. The zero-order valence-corrected chi connectivity index (χ0v) is 17.5.